The van der Waals surface area contributed by atoms with Crippen molar-refractivity contribution in [1.29, 1.82) is 0 Å². The minimum atomic E-state index is -0.925. The van der Waals surface area contributed by atoms with Gasteiger partial charge in [0.2, 0.25) is 11.8 Å². The van der Waals surface area contributed by atoms with E-state index in [9.17, 15) is 14.4 Å². The number of nitrogens with two attached hydrogens (primary N) is 2. The van der Waals surface area contributed by atoms with E-state index in [1.54, 1.807) is 12.1 Å². The van der Waals surface area contributed by atoms with Gasteiger partial charge in [-0.15, -0.1) is 0 Å². The monoisotopic (exact) mass is 365 g/mol. The summed E-state index contributed by atoms with van der Waals surface area (Å²) < 4.78 is 0. The van der Waals surface area contributed by atoms with E-state index in [1.165, 1.54) is 0 Å². The Balaban J connectivity index is 1.72. The van der Waals surface area contributed by atoms with Gasteiger partial charge in [0, 0.05) is 5.56 Å². The quantitative estimate of drug-likeness (QED) is 0.726. The van der Waals surface area contributed by atoms with E-state index < -0.39 is 11.4 Å². The Morgan fingerprint density at radius 2 is 1.37 bits per heavy atom. The second-order valence-corrected chi connectivity index (χ2v) is 7.02. The summed E-state index contributed by atoms with van der Waals surface area (Å²) in [7, 11) is 0. The largest absolute Gasteiger partial charge is 0.369 e. The molecule has 2 aromatic rings. The van der Waals surface area contributed by atoms with Gasteiger partial charge in [-0.3, -0.25) is 14.4 Å². The van der Waals surface area contributed by atoms with Gasteiger partial charge in [0.25, 0.3) is 5.91 Å². The summed E-state index contributed by atoms with van der Waals surface area (Å²) in [5.41, 5.74) is 13.1. The first-order chi connectivity index (χ1) is 12.9. The van der Waals surface area contributed by atoms with Crippen LogP contribution in [0.1, 0.15) is 41.6 Å². The van der Waals surface area contributed by atoms with E-state index in [0.717, 1.165) is 29.5 Å². The van der Waals surface area contributed by atoms with Gasteiger partial charge in [-0.1, -0.05) is 49.2 Å². The summed E-state index contributed by atoms with van der Waals surface area (Å²) in [6.07, 6.45) is 3.15. The fraction of sp³-hybridized carbons (Fsp3) is 0.286. The van der Waals surface area contributed by atoms with Crippen molar-refractivity contribution in [1.82, 2.24) is 5.32 Å². The number of nitrogens with one attached hydrogen (secondary N) is 1. The van der Waals surface area contributed by atoms with Gasteiger partial charge in [-0.25, -0.2) is 0 Å². The van der Waals surface area contributed by atoms with Gasteiger partial charge in [0.15, 0.2) is 0 Å². The summed E-state index contributed by atoms with van der Waals surface area (Å²) in [6.45, 7) is 0. The van der Waals surface area contributed by atoms with Crippen LogP contribution in [0.25, 0.3) is 11.1 Å². The van der Waals surface area contributed by atoms with Crippen molar-refractivity contribution in [2.75, 3.05) is 0 Å². The van der Waals surface area contributed by atoms with Gasteiger partial charge < -0.3 is 16.8 Å². The van der Waals surface area contributed by atoms with Crippen molar-refractivity contribution < 1.29 is 14.4 Å². The van der Waals surface area contributed by atoms with Crippen LogP contribution in [0.15, 0.2) is 48.5 Å². The Morgan fingerprint density at radius 3 is 1.85 bits per heavy atom. The SMILES string of the molecule is NC(=O)Cc1ccc(-c2ccc(C(=O)NC3(C(N)=O)CCCC3)cc2)cc1. The molecule has 2 aromatic carbocycles. The molecule has 27 heavy (non-hydrogen) atoms. The Labute approximate surface area is 157 Å². The topological polar surface area (TPSA) is 115 Å². The Kier molecular flexibility index (Phi) is 5.26. The van der Waals surface area contributed by atoms with Crippen LogP contribution in [0.2, 0.25) is 0 Å². The normalized spacial score (nSPS) is 15.3. The lowest BCUT2D eigenvalue weighted by molar-refractivity contribution is -0.124. The van der Waals surface area contributed by atoms with Crippen LogP contribution in [-0.2, 0) is 16.0 Å². The van der Waals surface area contributed by atoms with E-state index in [2.05, 4.69) is 5.32 Å². The fourth-order valence-corrected chi connectivity index (χ4v) is 3.53. The van der Waals surface area contributed by atoms with Crippen molar-refractivity contribution in [2.24, 2.45) is 11.5 Å². The molecule has 0 unspecified atom stereocenters. The van der Waals surface area contributed by atoms with Crippen LogP contribution in [0.3, 0.4) is 0 Å². The molecule has 3 rings (SSSR count). The first-order valence-electron chi connectivity index (χ1n) is 9.00. The van der Waals surface area contributed by atoms with Crippen LogP contribution < -0.4 is 16.8 Å². The van der Waals surface area contributed by atoms with Gasteiger partial charge in [0.1, 0.15) is 5.54 Å². The van der Waals surface area contributed by atoms with Crippen LogP contribution in [0.4, 0.5) is 0 Å². The molecular formula is C21H23N3O3. The Hall–Kier alpha value is -3.15. The lowest BCUT2D eigenvalue weighted by atomic mass is 9.95. The summed E-state index contributed by atoms with van der Waals surface area (Å²) in [5.74, 6) is -1.13. The van der Waals surface area contributed by atoms with Crippen molar-refractivity contribution in [3.8, 4) is 11.1 Å². The molecule has 0 aromatic heterocycles. The van der Waals surface area contributed by atoms with Crippen molar-refractivity contribution in [2.45, 2.75) is 37.6 Å². The molecule has 1 aliphatic rings. The average Bonchev–Trinajstić information content (AvgIpc) is 3.12. The van der Waals surface area contributed by atoms with E-state index in [0.29, 0.717) is 18.4 Å². The van der Waals surface area contributed by atoms with Crippen molar-refractivity contribution in [3.63, 3.8) is 0 Å². The number of amides is 3. The summed E-state index contributed by atoms with van der Waals surface area (Å²) in [4.78, 5) is 35.3. The Bertz CT molecular complexity index is 851. The molecule has 0 radical (unpaired) electrons. The first kappa shape index (κ1) is 18.6. The molecule has 0 saturated heterocycles. The molecule has 1 aliphatic carbocycles. The fourth-order valence-electron chi connectivity index (χ4n) is 3.53. The number of benzene rings is 2. The maximum atomic E-state index is 12.5. The lowest BCUT2D eigenvalue weighted by Gasteiger charge is -2.26. The molecule has 6 nitrogen and oxygen atoms in total. The van der Waals surface area contributed by atoms with Crippen molar-refractivity contribution >= 4 is 17.7 Å². The summed E-state index contributed by atoms with van der Waals surface area (Å²) in [5, 5.41) is 2.84. The molecule has 0 bridgehead atoms. The highest BCUT2D eigenvalue weighted by Crippen LogP contribution is 2.30. The molecule has 0 atom stereocenters. The first-order valence-corrected chi connectivity index (χ1v) is 9.00. The van der Waals surface area contributed by atoms with E-state index in [-0.39, 0.29) is 18.2 Å². The van der Waals surface area contributed by atoms with Crippen LogP contribution in [0, 0.1) is 0 Å². The predicted octanol–water partition coefficient (Wildman–Crippen LogP) is 1.91. The van der Waals surface area contributed by atoms with Crippen LogP contribution in [0.5, 0.6) is 0 Å². The van der Waals surface area contributed by atoms with E-state index >= 15 is 0 Å². The minimum absolute atomic E-state index is 0.209. The number of hydrogen-bond acceptors (Lipinski definition) is 3. The molecule has 6 heteroatoms. The van der Waals surface area contributed by atoms with E-state index in [4.69, 9.17) is 11.5 Å². The van der Waals surface area contributed by atoms with Crippen LogP contribution >= 0.6 is 0 Å². The zero-order valence-corrected chi connectivity index (χ0v) is 15.0. The van der Waals surface area contributed by atoms with Gasteiger partial charge in [0.05, 0.1) is 6.42 Å². The molecule has 0 spiro atoms. The smallest absolute Gasteiger partial charge is 0.252 e. The predicted molar refractivity (Wildman–Crippen MR) is 103 cm³/mol. The molecule has 0 aliphatic heterocycles. The molecule has 1 fully saturated rings. The molecule has 3 amide bonds. The second-order valence-electron chi connectivity index (χ2n) is 7.02. The Morgan fingerprint density at radius 1 is 0.852 bits per heavy atom. The zero-order chi connectivity index (χ0) is 19.4. The molecule has 0 heterocycles. The highest BCUT2D eigenvalue weighted by molar-refractivity contribution is 5.99. The van der Waals surface area contributed by atoms with Crippen LogP contribution in [-0.4, -0.2) is 23.3 Å². The third-order valence-electron chi connectivity index (χ3n) is 5.09. The second kappa shape index (κ2) is 7.61. The minimum Gasteiger partial charge on any atom is -0.369 e. The summed E-state index contributed by atoms with van der Waals surface area (Å²) >= 11 is 0. The molecule has 1 saturated carbocycles. The number of carbonyl (C=O) groups is 3. The third-order valence-corrected chi connectivity index (χ3v) is 5.09. The average molecular weight is 365 g/mol. The maximum Gasteiger partial charge on any atom is 0.252 e. The summed E-state index contributed by atoms with van der Waals surface area (Å²) in [6, 6.07) is 14.7. The lowest BCUT2D eigenvalue weighted by Crippen LogP contribution is -2.55. The van der Waals surface area contributed by atoms with Crippen molar-refractivity contribution in [3.05, 3.63) is 59.7 Å². The third kappa shape index (κ3) is 4.16. The van der Waals surface area contributed by atoms with Gasteiger partial charge in [-0.2, -0.15) is 0 Å². The highest BCUT2D eigenvalue weighted by atomic mass is 16.2. The van der Waals surface area contributed by atoms with Gasteiger partial charge >= 0.3 is 0 Å². The number of rotatable bonds is 6. The number of carbonyl (C=O) groups excluding carboxylic acids is 3. The molecule has 140 valence electrons. The number of hydrogen-bond donors (Lipinski definition) is 3. The highest BCUT2D eigenvalue weighted by Gasteiger charge is 2.40. The molecular weight excluding hydrogens is 342 g/mol. The maximum absolute atomic E-state index is 12.5. The molecule has 5 N–H and O–H groups in total. The zero-order valence-electron chi connectivity index (χ0n) is 15.0. The van der Waals surface area contributed by atoms with Gasteiger partial charge in [-0.05, 0) is 41.7 Å². The number of primary amides is 2. The standard InChI is InChI=1S/C21H23N3O3/c22-18(25)13-14-3-5-15(6-4-14)16-7-9-17(10-8-16)19(26)24-21(20(23)27)11-1-2-12-21/h3-10H,1-2,11-13H2,(H2,22,25)(H2,23,27)(H,24,26). The van der Waals surface area contributed by atoms with E-state index in [1.807, 2.05) is 36.4 Å².